The van der Waals surface area contributed by atoms with E-state index >= 15 is 0 Å². The molecule has 1 atom stereocenters. The van der Waals surface area contributed by atoms with Crippen LogP contribution in [0.3, 0.4) is 0 Å². The lowest BCUT2D eigenvalue weighted by Gasteiger charge is -2.25. The number of benzene rings is 1. The summed E-state index contributed by atoms with van der Waals surface area (Å²) in [5.74, 6) is 0.122. The van der Waals surface area contributed by atoms with Crippen molar-refractivity contribution < 1.29 is 13.2 Å². The first-order valence-corrected chi connectivity index (χ1v) is 8.24. The van der Waals surface area contributed by atoms with Crippen molar-refractivity contribution in [2.24, 2.45) is 0 Å². The first-order chi connectivity index (χ1) is 11.8. The lowest BCUT2D eigenvalue weighted by Crippen LogP contribution is -2.35. The minimum absolute atomic E-state index is 0.105. The number of alkyl halides is 3. The number of likely N-dealkylation sites (tertiary alicyclic amines) is 1. The molecule has 7 heteroatoms. The van der Waals surface area contributed by atoms with Gasteiger partial charge in [0.2, 0.25) is 5.95 Å². The molecular weight excluding hydrogens is 329 g/mol. The van der Waals surface area contributed by atoms with Crippen LogP contribution in [0.25, 0.3) is 0 Å². The van der Waals surface area contributed by atoms with Crippen LogP contribution in [-0.4, -0.2) is 41.0 Å². The zero-order valence-corrected chi connectivity index (χ0v) is 14.3. The summed E-state index contributed by atoms with van der Waals surface area (Å²) in [4.78, 5) is 11.8. The Morgan fingerprint density at radius 3 is 2.80 bits per heavy atom. The number of rotatable bonds is 4. The SMILES string of the molecule is Cc1cccc(CN2CCC(N(C)c3nccc(C(F)(F)F)n3)C2)c1. The van der Waals surface area contributed by atoms with E-state index in [9.17, 15) is 13.2 Å². The zero-order valence-electron chi connectivity index (χ0n) is 14.3. The minimum Gasteiger partial charge on any atom is -0.340 e. The number of likely N-dealkylation sites (N-methyl/N-ethyl adjacent to an activating group) is 1. The highest BCUT2D eigenvalue weighted by Crippen LogP contribution is 2.29. The third kappa shape index (κ3) is 4.28. The van der Waals surface area contributed by atoms with Gasteiger partial charge in [0.1, 0.15) is 5.69 Å². The topological polar surface area (TPSA) is 32.3 Å². The van der Waals surface area contributed by atoms with E-state index in [2.05, 4.69) is 40.0 Å². The summed E-state index contributed by atoms with van der Waals surface area (Å²) >= 11 is 0. The van der Waals surface area contributed by atoms with Crippen molar-refractivity contribution in [1.29, 1.82) is 0 Å². The van der Waals surface area contributed by atoms with Gasteiger partial charge in [-0.05, 0) is 25.0 Å². The van der Waals surface area contributed by atoms with Crippen LogP contribution in [0.4, 0.5) is 19.1 Å². The molecule has 134 valence electrons. The normalized spacial score (nSPS) is 18.5. The summed E-state index contributed by atoms with van der Waals surface area (Å²) in [6.45, 7) is 4.59. The van der Waals surface area contributed by atoms with Gasteiger partial charge in [0, 0.05) is 38.9 Å². The number of nitrogens with zero attached hydrogens (tertiary/aromatic N) is 4. The smallest absolute Gasteiger partial charge is 0.340 e. The molecule has 1 aromatic carbocycles. The van der Waals surface area contributed by atoms with E-state index in [1.807, 2.05) is 6.07 Å². The van der Waals surface area contributed by atoms with E-state index in [1.54, 1.807) is 11.9 Å². The number of hydrogen-bond acceptors (Lipinski definition) is 4. The molecule has 0 aliphatic carbocycles. The summed E-state index contributed by atoms with van der Waals surface area (Å²) in [5, 5.41) is 0. The van der Waals surface area contributed by atoms with Crippen LogP contribution in [-0.2, 0) is 12.7 Å². The van der Waals surface area contributed by atoms with Crippen molar-refractivity contribution in [2.45, 2.75) is 32.1 Å². The molecule has 1 aliphatic heterocycles. The summed E-state index contributed by atoms with van der Waals surface area (Å²) in [7, 11) is 1.76. The molecule has 0 radical (unpaired) electrons. The molecule has 1 unspecified atom stereocenters. The molecule has 3 rings (SSSR count). The summed E-state index contributed by atoms with van der Waals surface area (Å²) in [5.41, 5.74) is 1.57. The van der Waals surface area contributed by atoms with Crippen LogP contribution in [0.1, 0.15) is 23.2 Å². The summed E-state index contributed by atoms with van der Waals surface area (Å²) in [6.07, 6.45) is -2.41. The van der Waals surface area contributed by atoms with Crippen molar-refractivity contribution in [1.82, 2.24) is 14.9 Å². The maximum absolute atomic E-state index is 12.8. The third-order valence-electron chi connectivity index (χ3n) is 4.53. The molecule has 1 aliphatic rings. The summed E-state index contributed by atoms with van der Waals surface area (Å²) < 4.78 is 38.5. The highest BCUT2D eigenvalue weighted by molar-refractivity contribution is 5.32. The van der Waals surface area contributed by atoms with Gasteiger partial charge in [-0.3, -0.25) is 4.90 Å². The molecule has 0 bridgehead atoms. The van der Waals surface area contributed by atoms with Crippen molar-refractivity contribution in [3.63, 3.8) is 0 Å². The van der Waals surface area contributed by atoms with E-state index in [1.165, 1.54) is 17.3 Å². The fourth-order valence-corrected chi connectivity index (χ4v) is 3.18. The molecule has 2 aromatic rings. The molecule has 1 aromatic heterocycles. The van der Waals surface area contributed by atoms with Gasteiger partial charge in [0.25, 0.3) is 0 Å². The van der Waals surface area contributed by atoms with Crippen LogP contribution in [0, 0.1) is 6.92 Å². The molecule has 1 fully saturated rings. The van der Waals surface area contributed by atoms with Crippen molar-refractivity contribution in [2.75, 3.05) is 25.0 Å². The standard InChI is InChI=1S/C18H21F3N4/c1-13-4-3-5-14(10-13)11-25-9-7-15(12-25)24(2)17-22-8-6-16(23-17)18(19,20)21/h3-6,8,10,15H,7,9,11-12H2,1-2H3. The molecular formula is C18H21F3N4. The van der Waals surface area contributed by atoms with Gasteiger partial charge in [-0.15, -0.1) is 0 Å². The Morgan fingerprint density at radius 2 is 2.08 bits per heavy atom. The lowest BCUT2D eigenvalue weighted by atomic mass is 10.1. The van der Waals surface area contributed by atoms with E-state index in [-0.39, 0.29) is 12.0 Å². The van der Waals surface area contributed by atoms with Crippen molar-refractivity contribution in [3.05, 3.63) is 53.3 Å². The predicted octanol–water partition coefficient (Wildman–Crippen LogP) is 3.51. The molecule has 1 saturated heterocycles. The van der Waals surface area contributed by atoms with Crippen molar-refractivity contribution >= 4 is 5.95 Å². The van der Waals surface area contributed by atoms with Crippen LogP contribution in [0.15, 0.2) is 36.5 Å². The number of halogens is 3. The van der Waals surface area contributed by atoms with Gasteiger partial charge in [0.15, 0.2) is 0 Å². The molecule has 2 heterocycles. The second-order valence-electron chi connectivity index (χ2n) is 6.52. The van der Waals surface area contributed by atoms with E-state index in [0.717, 1.165) is 32.1 Å². The largest absolute Gasteiger partial charge is 0.433 e. The quantitative estimate of drug-likeness (QED) is 0.845. The molecule has 0 N–H and O–H groups in total. The van der Waals surface area contributed by atoms with Gasteiger partial charge in [0.05, 0.1) is 0 Å². The summed E-state index contributed by atoms with van der Waals surface area (Å²) in [6, 6.07) is 9.37. The van der Waals surface area contributed by atoms with Crippen LogP contribution < -0.4 is 4.90 Å². The van der Waals surface area contributed by atoms with Gasteiger partial charge >= 0.3 is 6.18 Å². The van der Waals surface area contributed by atoms with E-state index in [4.69, 9.17) is 0 Å². The van der Waals surface area contributed by atoms with Crippen molar-refractivity contribution in [3.8, 4) is 0 Å². The van der Waals surface area contributed by atoms with Gasteiger partial charge in [-0.2, -0.15) is 13.2 Å². The molecule has 0 spiro atoms. The molecule has 4 nitrogen and oxygen atoms in total. The lowest BCUT2D eigenvalue weighted by molar-refractivity contribution is -0.141. The van der Waals surface area contributed by atoms with Gasteiger partial charge in [-0.1, -0.05) is 29.8 Å². The Balaban J connectivity index is 1.65. The van der Waals surface area contributed by atoms with Crippen LogP contribution in [0.5, 0.6) is 0 Å². The highest BCUT2D eigenvalue weighted by Gasteiger charge is 2.34. The Kier molecular flexibility index (Phi) is 4.94. The minimum atomic E-state index is -4.45. The second kappa shape index (κ2) is 7.00. The monoisotopic (exact) mass is 350 g/mol. The van der Waals surface area contributed by atoms with Gasteiger partial charge in [-0.25, -0.2) is 9.97 Å². The first kappa shape index (κ1) is 17.7. The van der Waals surface area contributed by atoms with Gasteiger partial charge < -0.3 is 4.90 Å². The molecule has 0 saturated carbocycles. The molecule has 25 heavy (non-hydrogen) atoms. The molecule has 0 amide bonds. The first-order valence-electron chi connectivity index (χ1n) is 8.24. The second-order valence-corrected chi connectivity index (χ2v) is 6.52. The maximum Gasteiger partial charge on any atom is 0.433 e. The number of aryl methyl sites for hydroxylation is 1. The third-order valence-corrected chi connectivity index (χ3v) is 4.53. The number of aromatic nitrogens is 2. The van der Waals surface area contributed by atoms with Crippen LogP contribution in [0.2, 0.25) is 0 Å². The fraction of sp³-hybridized carbons (Fsp3) is 0.444. The Morgan fingerprint density at radius 1 is 1.28 bits per heavy atom. The average molecular weight is 350 g/mol. The van der Waals surface area contributed by atoms with E-state index < -0.39 is 11.9 Å². The number of anilines is 1. The Hall–Kier alpha value is -2.15. The average Bonchev–Trinajstić information content (AvgIpc) is 3.02. The van der Waals surface area contributed by atoms with E-state index in [0.29, 0.717) is 0 Å². The Labute approximate surface area is 145 Å². The highest BCUT2D eigenvalue weighted by atomic mass is 19.4. The fourth-order valence-electron chi connectivity index (χ4n) is 3.18. The number of hydrogen-bond donors (Lipinski definition) is 0. The van der Waals surface area contributed by atoms with Crippen LogP contribution >= 0.6 is 0 Å². The maximum atomic E-state index is 12.8. The zero-order chi connectivity index (χ0) is 18.0. The Bertz CT molecular complexity index is 732. The predicted molar refractivity (Wildman–Crippen MR) is 90.3 cm³/mol.